The predicted molar refractivity (Wildman–Crippen MR) is 103 cm³/mol. The molecule has 0 amide bonds. The maximum Gasteiger partial charge on any atom is 0.304 e. The van der Waals surface area contributed by atoms with Gasteiger partial charge in [-0.25, -0.2) is 9.67 Å². The van der Waals surface area contributed by atoms with Gasteiger partial charge in [0.05, 0.1) is 13.0 Å². The van der Waals surface area contributed by atoms with Gasteiger partial charge in [0.25, 0.3) is 0 Å². The fourth-order valence-electron chi connectivity index (χ4n) is 3.54. The van der Waals surface area contributed by atoms with Crippen molar-refractivity contribution in [3.8, 4) is 0 Å². The molecule has 0 saturated carbocycles. The van der Waals surface area contributed by atoms with Crippen molar-refractivity contribution in [3.63, 3.8) is 0 Å². The minimum Gasteiger partial charge on any atom is -0.481 e. The molecule has 0 spiro atoms. The van der Waals surface area contributed by atoms with Crippen molar-refractivity contribution in [2.45, 2.75) is 25.9 Å². The maximum atomic E-state index is 11.6. The maximum absolute atomic E-state index is 11.6. The van der Waals surface area contributed by atoms with Gasteiger partial charge < -0.3 is 10.2 Å². The molecule has 0 aliphatic rings. The number of hydrogen-bond donors (Lipinski definition) is 2. The number of carboxylic acid groups (broad SMARTS) is 1. The van der Waals surface area contributed by atoms with Gasteiger partial charge in [-0.1, -0.05) is 11.3 Å². The predicted octanol–water partition coefficient (Wildman–Crippen LogP) is 2.99. The number of carboxylic acids is 1. The van der Waals surface area contributed by atoms with Gasteiger partial charge in [-0.2, -0.15) is 0 Å². The summed E-state index contributed by atoms with van der Waals surface area (Å²) in [4.78, 5) is 16.1. The molecule has 4 aromatic rings. The van der Waals surface area contributed by atoms with E-state index in [1.807, 2.05) is 30.5 Å². The summed E-state index contributed by atoms with van der Waals surface area (Å²) in [6.07, 6.45) is 1.64. The van der Waals surface area contributed by atoms with Crippen LogP contribution in [0.25, 0.3) is 21.3 Å². The quantitative estimate of drug-likeness (QED) is 0.550. The molecule has 4 rings (SSSR count). The number of fused-ring (bicyclic) bond motifs is 2. The summed E-state index contributed by atoms with van der Waals surface area (Å²) in [5, 5.41) is 30.4. The molecule has 2 N–H and O–H groups in total. The second kappa shape index (κ2) is 6.71. The number of carbonyl (C=O) groups is 1. The van der Waals surface area contributed by atoms with Crippen LogP contribution in [0.4, 0.5) is 0 Å². The van der Waals surface area contributed by atoms with E-state index in [9.17, 15) is 15.0 Å². The molecule has 0 saturated heterocycles. The lowest BCUT2D eigenvalue weighted by molar-refractivity contribution is -0.137. The van der Waals surface area contributed by atoms with Gasteiger partial charge in [0.15, 0.2) is 5.65 Å². The molecule has 0 unspecified atom stereocenters. The Morgan fingerprint density at radius 3 is 2.93 bits per heavy atom. The molecule has 8 heteroatoms. The molecule has 1 aromatic carbocycles. The molecule has 0 radical (unpaired) electrons. The van der Waals surface area contributed by atoms with E-state index < -0.39 is 11.9 Å². The van der Waals surface area contributed by atoms with Crippen LogP contribution in [-0.2, 0) is 18.4 Å². The number of pyridine rings is 1. The van der Waals surface area contributed by atoms with Crippen molar-refractivity contribution in [1.82, 2.24) is 20.0 Å². The Balaban J connectivity index is 1.92. The van der Waals surface area contributed by atoms with Crippen LogP contribution in [0.3, 0.4) is 0 Å². The molecule has 0 fully saturated rings. The van der Waals surface area contributed by atoms with Crippen LogP contribution in [-0.4, -0.2) is 36.2 Å². The van der Waals surface area contributed by atoms with Gasteiger partial charge in [0, 0.05) is 23.9 Å². The van der Waals surface area contributed by atoms with E-state index >= 15 is 0 Å². The summed E-state index contributed by atoms with van der Waals surface area (Å²) in [5.41, 5.74) is 4.66. The van der Waals surface area contributed by atoms with E-state index in [-0.39, 0.29) is 13.0 Å². The first-order chi connectivity index (χ1) is 13.0. The van der Waals surface area contributed by atoms with E-state index in [1.165, 1.54) is 0 Å². The Morgan fingerprint density at radius 2 is 2.19 bits per heavy atom. The van der Waals surface area contributed by atoms with Crippen LogP contribution in [0.5, 0.6) is 0 Å². The molecular weight excluding hydrogens is 364 g/mol. The lowest BCUT2D eigenvalue weighted by atomic mass is 9.85. The van der Waals surface area contributed by atoms with Crippen molar-refractivity contribution in [1.29, 1.82) is 0 Å². The third kappa shape index (κ3) is 2.96. The Labute approximate surface area is 158 Å². The number of aliphatic carboxylic acids is 1. The molecular formula is C19H18N4O3S. The number of rotatable bonds is 5. The second-order valence-electron chi connectivity index (χ2n) is 6.55. The van der Waals surface area contributed by atoms with E-state index in [0.29, 0.717) is 11.2 Å². The van der Waals surface area contributed by atoms with E-state index in [2.05, 4.69) is 15.3 Å². The number of aromatic nitrogens is 4. The van der Waals surface area contributed by atoms with E-state index in [1.54, 1.807) is 29.3 Å². The largest absolute Gasteiger partial charge is 0.481 e. The van der Waals surface area contributed by atoms with Crippen LogP contribution in [0.15, 0.2) is 29.8 Å². The summed E-state index contributed by atoms with van der Waals surface area (Å²) in [7, 11) is 1.77. The zero-order valence-corrected chi connectivity index (χ0v) is 15.7. The highest BCUT2D eigenvalue weighted by atomic mass is 32.1. The Bertz CT molecular complexity index is 1160. The standard InChI is InChI=1S/C19H18N4O3S/c1-10-15(8-20-19-17(10)21-22-23(19)2)14(7-16(25)26)12-5-11-3-4-27-18(11)13(6-12)9-24/h3-6,8,14,24H,7,9H2,1-2H3,(H,25,26)/t14-/m1/s1. The SMILES string of the molecule is Cc1c([C@H](CC(=O)O)c2cc(CO)c3sccc3c2)cnc2c1nnn2C. The monoisotopic (exact) mass is 382 g/mol. The Hall–Kier alpha value is -2.84. The third-order valence-corrected chi connectivity index (χ3v) is 5.89. The van der Waals surface area contributed by atoms with Gasteiger partial charge >= 0.3 is 5.97 Å². The van der Waals surface area contributed by atoms with E-state index in [4.69, 9.17) is 0 Å². The van der Waals surface area contributed by atoms with Crippen molar-refractivity contribution >= 4 is 38.6 Å². The van der Waals surface area contributed by atoms with Crippen molar-refractivity contribution < 1.29 is 15.0 Å². The number of aliphatic hydroxyl groups is 1. The van der Waals surface area contributed by atoms with Gasteiger partial charge in [-0.15, -0.1) is 16.4 Å². The molecule has 3 aromatic heterocycles. The van der Waals surface area contributed by atoms with Gasteiger partial charge in [-0.3, -0.25) is 4.79 Å². The summed E-state index contributed by atoms with van der Waals surface area (Å²) in [6, 6.07) is 5.88. The summed E-state index contributed by atoms with van der Waals surface area (Å²) < 4.78 is 2.62. The zero-order valence-electron chi connectivity index (χ0n) is 14.9. The minimum atomic E-state index is -0.894. The van der Waals surface area contributed by atoms with E-state index in [0.717, 1.165) is 32.3 Å². The summed E-state index contributed by atoms with van der Waals surface area (Å²) in [5.74, 6) is -1.29. The summed E-state index contributed by atoms with van der Waals surface area (Å²) in [6.45, 7) is 1.82. The Kier molecular flexibility index (Phi) is 4.37. The van der Waals surface area contributed by atoms with Gasteiger partial charge in [0.1, 0.15) is 5.52 Å². The number of benzene rings is 1. The topological polar surface area (TPSA) is 101 Å². The van der Waals surface area contributed by atoms with Crippen molar-refractivity contribution in [2.75, 3.05) is 0 Å². The van der Waals surface area contributed by atoms with Crippen LogP contribution in [0, 0.1) is 6.92 Å². The number of aliphatic hydroxyl groups excluding tert-OH is 1. The molecule has 3 heterocycles. The molecule has 27 heavy (non-hydrogen) atoms. The normalized spacial score (nSPS) is 12.7. The summed E-state index contributed by atoms with van der Waals surface area (Å²) >= 11 is 1.57. The number of aryl methyl sites for hydroxylation is 2. The third-order valence-electron chi connectivity index (χ3n) is 4.89. The van der Waals surface area contributed by atoms with Gasteiger partial charge in [-0.05, 0) is 52.1 Å². The zero-order chi connectivity index (χ0) is 19.1. The van der Waals surface area contributed by atoms with Crippen molar-refractivity contribution in [2.24, 2.45) is 7.05 Å². The molecule has 7 nitrogen and oxygen atoms in total. The highest BCUT2D eigenvalue weighted by Gasteiger charge is 2.24. The molecule has 0 aliphatic heterocycles. The number of hydrogen-bond acceptors (Lipinski definition) is 6. The first kappa shape index (κ1) is 17.6. The van der Waals surface area contributed by atoms with Crippen LogP contribution >= 0.6 is 11.3 Å². The molecule has 0 bridgehead atoms. The first-order valence-electron chi connectivity index (χ1n) is 8.47. The second-order valence-corrected chi connectivity index (χ2v) is 7.47. The van der Waals surface area contributed by atoms with Crippen LogP contribution < -0.4 is 0 Å². The lowest BCUT2D eigenvalue weighted by Gasteiger charge is -2.19. The fourth-order valence-corrected chi connectivity index (χ4v) is 4.43. The first-order valence-corrected chi connectivity index (χ1v) is 9.35. The molecule has 1 atom stereocenters. The highest BCUT2D eigenvalue weighted by molar-refractivity contribution is 7.17. The number of nitrogens with zero attached hydrogens (tertiary/aromatic N) is 4. The highest BCUT2D eigenvalue weighted by Crippen LogP contribution is 2.36. The smallest absolute Gasteiger partial charge is 0.304 e. The number of thiophene rings is 1. The van der Waals surface area contributed by atoms with Crippen LogP contribution in [0.1, 0.15) is 34.6 Å². The lowest BCUT2D eigenvalue weighted by Crippen LogP contribution is -2.11. The average molecular weight is 382 g/mol. The molecule has 138 valence electrons. The minimum absolute atomic E-state index is 0.0746. The Morgan fingerprint density at radius 1 is 1.37 bits per heavy atom. The molecule has 0 aliphatic carbocycles. The van der Waals surface area contributed by atoms with Crippen LogP contribution in [0.2, 0.25) is 0 Å². The van der Waals surface area contributed by atoms with Gasteiger partial charge in [0.2, 0.25) is 0 Å². The van der Waals surface area contributed by atoms with Crippen molar-refractivity contribution in [3.05, 3.63) is 52.0 Å². The average Bonchev–Trinajstić information content (AvgIpc) is 3.26. The fraction of sp³-hybridized carbons (Fsp3) is 0.263.